The minimum absolute atomic E-state index is 0.0638. The van der Waals surface area contributed by atoms with Crippen molar-refractivity contribution >= 4 is 23.7 Å². The van der Waals surface area contributed by atoms with Crippen molar-refractivity contribution in [2.24, 2.45) is 0 Å². The van der Waals surface area contributed by atoms with E-state index in [2.05, 4.69) is 10.2 Å². The summed E-state index contributed by atoms with van der Waals surface area (Å²) < 4.78 is 0. The molecule has 172 valence electrons. The van der Waals surface area contributed by atoms with Gasteiger partial charge in [0, 0.05) is 30.8 Å². The molecule has 3 aliphatic rings. The second-order valence-electron chi connectivity index (χ2n) is 8.84. The summed E-state index contributed by atoms with van der Waals surface area (Å²) in [7, 11) is 0. The first-order chi connectivity index (χ1) is 16.0. The number of aromatic nitrogens is 2. The maximum Gasteiger partial charge on any atom is 0.324 e. The number of amides is 4. The van der Waals surface area contributed by atoms with Gasteiger partial charge in [0.05, 0.1) is 19.1 Å². The number of hydrogen-bond acceptors (Lipinski definition) is 6. The molecule has 1 N–H and O–H groups in total. The Bertz CT molecular complexity index is 1090. The summed E-state index contributed by atoms with van der Waals surface area (Å²) in [5, 5.41) is 2.67. The molecule has 1 atom stereocenters. The van der Waals surface area contributed by atoms with Crippen LogP contribution >= 0.6 is 0 Å². The van der Waals surface area contributed by atoms with E-state index >= 15 is 0 Å². The van der Waals surface area contributed by atoms with Gasteiger partial charge in [-0.2, -0.15) is 0 Å². The van der Waals surface area contributed by atoms with Crippen molar-refractivity contribution in [3.05, 3.63) is 53.0 Å². The molecule has 2 saturated heterocycles. The average molecular weight is 449 g/mol. The molecule has 2 fully saturated rings. The molecule has 0 saturated carbocycles. The molecular weight excluding hydrogens is 420 g/mol. The highest BCUT2D eigenvalue weighted by Crippen LogP contribution is 2.35. The molecule has 5 rings (SSSR count). The van der Waals surface area contributed by atoms with E-state index in [9.17, 15) is 14.4 Å². The van der Waals surface area contributed by atoms with Crippen molar-refractivity contribution in [1.82, 2.24) is 25.1 Å². The Hall–Kier alpha value is -3.33. The van der Waals surface area contributed by atoms with Crippen molar-refractivity contribution in [2.45, 2.75) is 45.2 Å². The number of nitrogens with zero attached hydrogens (tertiary/aromatic N) is 5. The predicted molar refractivity (Wildman–Crippen MR) is 121 cm³/mol. The van der Waals surface area contributed by atoms with Crippen LogP contribution in [0.15, 0.2) is 30.3 Å². The van der Waals surface area contributed by atoms with Crippen LogP contribution in [0.5, 0.6) is 0 Å². The fraction of sp³-hybridized carbons (Fsp3) is 0.458. The first kappa shape index (κ1) is 21.5. The first-order valence-corrected chi connectivity index (χ1v) is 11.5. The second kappa shape index (κ2) is 8.90. The van der Waals surface area contributed by atoms with Crippen LogP contribution in [0.3, 0.4) is 0 Å². The molecule has 9 nitrogen and oxygen atoms in total. The fourth-order valence-electron chi connectivity index (χ4n) is 4.96. The van der Waals surface area contributed by atoms with Gasteiger partial charge in [-0.3, -0.25) is 24.3 Å². The summed E-state index contributed by atoms with van der Waals surface area (Å²) in [6.07, 6.45) is 2.86. The Morgan fingerprint density at radius 1 is 1.12 bits per heavy atom. The summed E-state index contributed by atoms with van der Waals surface area (Å²) in [5.41, 5.74) is 2.95. The summed E-state index contributed by atoms with van der Waals surface area (Å²) in [6, 6.07) is 9.47. The molecule has 9 heteroatoms. The molecule has 3 aliphatic heterocycles. The van der Waals surface area contributed by atoms with Crippen molar-refractivity contribution in [2.75, 3.05) is 31.1 Å². The third kappa shape index (κ3) is 4.20. The number of rotatable bonds is 5. The van der Waals surface area contributed by atoms with Gasteiger partial charge in [0.15, 0.2) is 0 Å². The zero-order chi connectivity index (χ0) is 22.9. The molecule has 4 amide bonds. The number of carbonyl (C=O) groups excluding carboxylic acids is 3. The smallest absolute Gasteiger partial charge is 0.324 e. The van der Waals surface area contributed by atoms with E-state index in [1.165, 1.54) is 4.90 Å². The molecule has 33 heavy (non-hydrogen) atoms. The van der Waals surface area contributed by atoms with Gasteiger partial charge in [-0.25, -0.2) is 14.8 Å². The number of nitrogens with one attached hydrogen (secondary N) is 1. The Morgan fingerprint density at radius 3 is 2.70 bits per heavy atom. The van der Waals surface area contributed by atoms with Crippen LogP contribution in [0.4, 0.5) is 10.6 Å². The lowest BCUT2D eigenvalue weighted by atomic mass is 10.0. The first-order valence-electron chi connectivity index (χ1n) is 11.5. The predicted octanol–water partition coefficient (Wildman–Crippen LogP) is 1.95. The topological polar surface area (TPSA) is 98.7 Å². The minimum Gasteiger partial charge on any atom is -0.336 e. The molecule has 0 spiro atoms. The zero-order valence-electron chi connectivity index (χ0n) is 18.8. The molecule has 4 heterocycles. The molecule has 2 aromatic rings. The Morgan fingerprint density at radius 2 is 1.94 bits per heavy atom. The van der Waals surface area contributed by atoms with Crippen LogP contribution < -0.4 is 10.2 Å². The van der Waals surface area contributed by atoms with Crippen molar-refractivity contribution in [3.63, 3.8) is 0 Å². The molecule has 1 aromatic heterocycles. The molecule has 1 unspecified atom stereocenters. The van der Waals surface area contributed by atoms with E-state index < -0.39 is 0 Å². The minimum atomic E-state index is -0.327. The maximum atomic E-state index is 12.9. The van der Waals surface area contributed by atoms with Crippen LogP contribution in [0.25, 0.3) is 0 Å². The molecule has 0 aliphatic carbocycles. The standard InChI is InChI=1S/C24H28N6O3/c1-16-18-9-10-20(31)30(14-17-6-3-2-4-7-17)23(18)27-22(26-16)19-8-5-12-28(19)15-21(32)29-13-11-25-24(29)33/h2-4,6-7,19H,5,8-15H2,1H3,(H,25,33). The van der Waals surface area contributed by atoms with Gasteiger partial charge in [-0.05, 0) is 38.3 Å². The van der Waals surface area contributed by atoms with Gasteiger partial charge in [0.1, 0.15) is 11.6 Å². The number of likely N-dealkylation sites (tertiary alicyclic amines) is 1. The van der Waals surface area contributed by atoms with Gasteiger partial charge < -0.3 is 5.32 Å². The van der Waals surface area contributed by atoms with E-state index in [0.29, 0.717) is 44.1 Å². The highest BCUT2D eigenvalue weighted by molar-refractivity contribution is 5.97. The number of urea groups is 1. The third-order valence-electron chi connectivity index (χ3n) is 6.70. The van der Waals surface area contributed by atoms with Crippen LogP contribution in [0.1, 0.15) is 47.9 Å². The van der Waals surface area contributed by atoms with Gasteiger partial charge in [0.25, 0.3) is 0 Å². The normalized spacial score (nSPS) is 20.8. The van der Waals surface area contributed by atoms with E-state index in [-0.39, 0.29) is 30.4 Å². The summed E-state index contributed by atoms with van der Waals surface area (Å²) >= 11 is 0. The SMILES string of the molecule is Cc1nc(C2CCCN2CC(=O)N2CCNC2=O)nc2c1CCC(=O)N2Cc1ccccc1. The second-order valence-corrected chi connectivity index (χ2v) is 8.84. The number of fused-ring (bicyclic) bond motifs is 1. The number of hydrogen-bond donors (Lipinski definition) is 1. The van der Waals surface area contributed by atoms with Gasteiger partial charge in [0.2, 0.25) is 11.8 Å². The number of aryl methyl sites for hydroxylation is 1. The van der Waals surface area contributed by atoms with E-state index in [4.69, 9.17) is 9.97 Å². The quantitative estimate of drug-likeness (QED) is 0.751. The van der Waals surface area contributed by atoms with Crippen molar-refractivity contribution in [1.29, 1.82) is 0 Å². The Kier molecular flexibility index (Phi) is 5.80. The summed E-state index contributed by atoms with van der Waals surface area (Å²) in [4.78, 5) is 52.3. The monoisotopic (exact) mass is 448 g/mol. The largest absolute Gasteiger partial charge is 0.336 e. The van der Waals surface area contributed by atoms with Gasteiger partial charge in [-0.15, -0.1) is 0 Å². The Labute approximate surface area is 192 Å². The summed E-state index contributed by atoms with van der Waals surface area (Å²) in [5.74, 6) is 1.20. The molecule has 1 aromatic carbocycles. The third-order valence-corrected chi connectivity index (χ3v) is 6.70. The van der Waals surface area contributed by atoms with E-state index in [1.54, 1.807) is 4.90 Å². The Balaban J connectivity index is 1.42. The van der Waals surface area contributed by atoms with Crippen molar-refractivity contribution in [3.8, 4) is 0 Å². The van der Waals surface area contributed by atoms with Crippen molar-refractivity contribution < 1.29 is 14.4 Å². The fourth-order valence-corrected chi connectivity index (χ4v) is 4.96. The number of benzene rings is 1. The van der Waals surface area contributed by atoms with E-state index in [0.717, 1.165) is 36.2 Å². The van der Waals surface area contributed by atoms with Crippen LogP contribution in [-0.4, -0.2) is 63.8 Å². The zero-order valence-corrected chi connectivity index (χ0v) is 18.8. The highest BCUT2D eigenvalue weighted by Gasteiger charge is 2.35. The van der Waals surface area contributed by atoms with Crippen LogP contribution in [0.2, 0.25) is 0 Å². The summed E-state index contributed by atoms with van der Waals surface area (Å²) in [6.45, 7) is 4.24. The number of anilines is 1. The lowest BCUT2D eigenvalue weighted by Crippen LogP contribution is -2.42. The van der Waals surface area contributed by atoms with Gasteiger partial charge in [-0.1, -0.05) is 30.3 Å². The molecule has 0 bridgehead atoms. The van der Waals surface area contributed by atoms with E-state index in [1.807, 2.05) is 37.3 Å². The molecule has 0 radical (unpaired) electrons. The average Bonchev–Trinajstić information content (AvgIpc) is 3.45. The number of carbonyl (C=O) groups is 3. The lowest BCUT2D eigenvalue weighted by molar-refractivity contribution is -0.129. The lowest BCUT2D eigenvalue weighted by Gasteiger charge is -2.31. The number of imide groups is 1. The maximum absolute atomic E-state index is 12.9. The van der Waals surface area contributed by atoms with Gasteiger partial charge >= 0.3 is 6.03 Å². The molecular formula is C24H28N6O3. The highest BCUT2D eigenvalue weighted by atomic mass is 16.2. The van der Waals surface area contributed by atoms with Crippen LogP contribution in [0, 0.1) is 6.92 Å². The van der Waals surface area contributed by atoms with Crippen LogP contribution in [-0.2, 0) is 22.6 Å².